The zero-order chi connectivity index (χ0) is 20.3. The van der Waals surface area contributed by atoms with Gasteiger partial charge in [-0.3, -0.25) is 4.90 Å². The number of hydrogen-bond acceptors (Lipinski definition) is 4. The van der Waals surface area contributed by atoms with Gasteiger partial charge in [-0.2, -0.15) is 0 Å². The molecule has 4 heteroatoms. The SMILES string of the molecule is COCCN1CCC2(CC1)CN(Cc1cc(C)ccc1C)Cc1ccccc1O2. The van der Waals surface area contributed by atoms with Gasteiger partial charge < -0.3 is 14.4 Å². The highest BCUT2D eigenvalue weighted by atomic mass is 16.5. The molecule has 2 aromatic rings. The van der Waals surface area contributed by atoms with E-state index in [9.17, 15) is 0 Å². The lowest BCUT2D eigenvalue weighted by Crippen LogP contribution is -2.53. The van der Waals surface area contributed by atoms with Gasteiger partial charge in [-0.1, -0.05) is 42.0 Å². The first-order valence-electron chi connectivity index (χ1n) is 10.8. The normalized spacial score (nSPS) is 19.6. The zero-order valence-corrected chi connectivity index (χ0v) is 18.1. The fraction of sp³-hybridized carbons (Fsp3) is 0.520. The molecule has 0 atom stereocenters. The Kier molecular flexibility index (Phi) is 6.23. The predicted molar refractivity (Wildman–Crippen MR) is 117 cm³/mol. The summed E-state index contributed by atoms with van der Waals surface area (Å²) in [5, 5.41) is 0. The quantitative estimate of drug-likeness (QED) is 0.760. The zero-order valence-electron chi connectivity index (χ0n) is 18.1. The van der Waals surface area contributed by atoms with Crippen molar-refractivity contribution in [3.05, 3.63) is 64.7 Å². The summed E-state index contributed by atoms with van der Waals surface area (Å²) >= 11 is 0. The smallest absolute Gasteiger partial charge is 0.124 e. The fourth-order valence-corrected chi connectivity index (χ4v) is 4.69. The molecule has 0 bridgehead atoms. The third-order valence-electron chi connectivity index (χ3n) is 6.48. The summed E-state index contributed by atoms with van der Waals surface area (Å²) in [5.74, 6) is 1.07. The fourth-order valence-electron chi connectivity index (χ4n) is 4.69. The number of benzene rings is 2. The molecule has 0 aromatic heterocycles. The van der Waals surface area contributed by atoms with Crippen LogP contribution in [0.15, 0.2) is 42.5 Å². The first-order valence-corrected chi connectivity index (χ1v) is 10.8. The number of nitrogens with zero attached hydrogens (tertiary/aromatic N) is 2. The minimum atomic E-state index is -0.103. The number of likely N-dealkylation sites (tertiary alicyclic amines) is 1. The third-order valence-corrected chi connectivity index (χ3v) is 6.48. The van der Waals surface area contributed by atoms with Crippen LogP contribution in [0.1, 0.15) is 35.1 Å². The van der Waals surface area contributed by atoms with Crippen LogP contribution in [0.4, 0.5) is 0 Å². The molecule has 4 nitrogen and oxygen atoms in total. The molecule has 0 amide bonds. The molecule has 1 fully saturated rings. The predicted octanol–water partition coefficient (Wildman–Crippen LogP) is 4.18. The number of ether oxygens (including phenoxy) is 2. The molecule has 0 saturated carbocycles. The lowest BCUT2D eigenvalue weighted by atomic mass is 9.90. The molecule has 0 aliphatic carbocycles. The Bertz CT molecular complexity index is 827. The number of para-hydroxylation sites is 1. The van der Waals surface area contributed by atoms with Gasteiger partial charge in [0.25, 0.3) is 0 Å². The van der Waals surface area contributed by atoms with Crippen molar-refractivity contribution in [1.29, 1.82) is 0 Å². The summed E-state index contributed by atoms with van der Waals surface area (Å²) in [4.78, 5) is 5.10. The summed E-state index contributed by atoms with van der Waals surface area (Å²) in [6, 6.07) is 15.4. The molecule has 0 N–H and O–H groups in total. The second-order valence-electron chi connectivity index (χ2n) is 8.80. The van der Waals surface area contributed by atoms with E-state index in [0.29, 0.717) is 0 Å². The number of piperidine rings is 1. The Hall–Kier alpha value is -1.88. The molecule has 2 aromatic carbocycles. The number of aryl methyl sites for hydroxylation is 2. The van der Waals surface area contributed by atoms with Gasteiger partial charge in [-0.25, -0.2) is 0 Å². The molecular weight excluding hydrogens is 360 g/mol. The van der Waals surface area contributed by atoms with Crippen LogP contribution in [0.3, 0.4) is 0 Å². The van der Waals surface area contributed by atoms with Crippen molar-refractivity contribution in [3.8, 4) is 5.75 Å². The van der Waals surface area contributed by atoms with Gasteiger partial charge in [0, 0.05) is 64.8 Å². The molecule has 29 heavy (non-hydrogen) atoms. The third kappa shape index (κ3) is 4.82. The van der Waals surface area contributed by atoms with Crippen molar-refractivity contribution >= 4 is 0 Å². The van der Waals surface area contributed by atoms with E-state index in [1.54, 1.807) is 7.11 Å². The lowest BCUT2D eigenvalue weighted by molar-refractivity contribution is -0.0234. The highest BCUT2D eigenvalue weighted by Crippen LogP contribution is 2.36. The van der Waals surface area contributed by atoms with Crippen molar-refractivity contribution in [2.75, 3.05) is 39.9 Å². The Morgan fingerprint density at radius 2 is 1.83 bits per heavy atom. The second-order valence-corrected chi connectivity index (χ2v) is 8.80. The minimum absolute atomic E-state index is 0.103. The summed E-state index contributed by atoms with van der Waals surface area (Å²) in [5.41, 5.74) is 5.33. The largest absolute Gasteiger partial charge is 0.486 e. The van der Waals surface area contributed by atoms with Crippen LogP contribution in [-0.2, 0) is 17.8 Å². The van der Waals surface area contributed by atoms with Gasteiger partial charge in [0.05, 0.1) is 6.61 Å². The Morgan fingerprint density at radius 3 is 2.62 bits per heavy atom. The summed E-state index contributed by atoms with van der Waals surface area (Å²) in [6.45, 7) is 11.3. The van der Waals surface area contributed by atoms with E-state index in [2.05, 4.69) is 66.1 Å². The number of hydrogen-bond donors (Lipinski definition) is 0. The maximum absolute atomic E-state index is 6.76. The van der Waals surface area contributed by atoms with Crippen molar-refractivity contribution in [3.63, 3.8) is 0 Å². The van der Waals surface area contributed by atoms with E-state index in [0.717, 1.165) is 64.5 Å². The molecule has 0 radical (unpaired) electrons. The Balaban J connectivity index is 1.56. The molecular formula is C25H34N2O2. The van der Waals surface area contributed by atoms with Gasteiger partial charge in [0.15, 0.2) is 0 Å². The van der Waals surface area contributed by atoms with Crippen molar-refractivity contribution < 1.29 is 9.47 Å². The van der Waals surface area contributed by atoms with Gasteiger partial charge in [-0.05, 0) is 31.0 Å². The second kappa shape index (κ2) is 8.86. The van der Waals surface area contributed by atoms with Crippen molar-refractivity contribution in [1.82, 2.24) is 9.80 Å². The standard InChI is InChI=1S/C25H34N2O2/c1-20-8-9-21(2)23(16-20)18-27-17-22-6-4-5-7-24(22)29-25(19-27)10-12-26(13-11-25)14-15-28-3/h4-9,16H,10-15,17-19H2,1-3H3. The van der Waals surface area contributed by atoms with Gasteiger partial charge in [0.1, 0.15) is 11.4 Å². The highest BCUT2D eigenvalue weighted by molar-refractivity contribution is 5.36. The lowest BCUT2D eigenvalue weighted by Gasteiger charge is -2.43. The van der Waals surface area contributed by atoms with Crippen molar-refractivity contribution in [2.45, 2.75) is 45.4 Å². The maximum atomic E-state index is 6.76. The molecule has 1 saturated heterocycles. The van der Waals surface area contributed by atoms with E-state index in [1.165, 1.54) is 22.3 Å². The van der Waals surface area contributed by atoms with Crippen molar-refractivity contribution in [2.24, 2.45) is 0 Å². The van der Waals surface area contributed by atoms with E-state index >= 15 is 0 Å². The van der Waals surface area contributed by atoms with E-state index in [-0.39, 0.29) is 5.60 Å². The van der Waals surface area contributed by atoms with Crippen LogP contribution in [0.25, 0.3) is 0 Å². The molecule has 2 aliphatic rings. The van der Waals surface area contributed by atoms with Gasteiger partial charge in [-0.15, -0.1) is 0 Å². The average Bonchev–Trinajstić information content (AvgIpc) is 2.86. The molecule has 2 heterocycles. The van der Waals surface area contributed by atoms with E-state index < -0.39 is 0 Å². The number of rotatable bonds is 5. The van der Waals surface area contributed by atoms with Crippen LogP contribution >= 0.6 is 0 Å². The maximum Gasteiger partial charge on any atom is 0.124 e. The topological polar surface area (TPSA) is 24.9 Å². The molecule has 2 aliphatic heterocycles. The molecule has 0 unspecified atom stereocenters. The van der Waals surface area contributed by atoms with Crippen LogP contribution in [0.2, 0.25) is 0 Å². The van der Waals surface area contributed by atoms with Crippen LogP contribution in [-0.4, -0.2) is 55.3 Å². The summed E-state index contributed by atoms with van der Waals surface area (Å²) < 4.78 is 12.0. The summed E-state index contributed by atoms with van der Waals surface area (Å²) in [7, 11) is 1.78. The highest BCUT2D eigenvalue weighted by Gasteiger charge is 2.40. The number of fused-ring (bicyclic) bond motifs is 1. The Labute approximate surface area is 175 Å². The summed E-state index contributed by atoms with van der Waals surface area (Å²) in [6.07, 6.45) is 2.13. The van der Waals surface area contributed by atoms with Crippen LogP contribution in [0, 0.1) is 13.8 Å². The molecule has 156 valence electrons. The van der Waals surface area contributed by atoms with Gasteiger partial charge in [0.2, 0.25) is 0 Å². The minimum Gasteiger partial charge on any atom is -0.486 e. The first kappa shape index (κ1) is 20.4. The van der Waals surface area contributed by atoms with Gasteiger partial charge >= 0.3 is 0 Å². The first-order chi connectivity index (χ1) is 14.1. The molecule has 4 rings (SSSR count). The van der Waals surface area contributed by atoms with E-state index in [4.69, 9.17) is 9.47 Å². The molecule has 1 spiro atoms. The monoisotopic (exact) mass is 394 g/mol. The van der Waals surface area contributed by atoms with Crippen LogP contribution in [0.5, 0.6) is 5.75 Å². The average molecular weight is 395 g/mol. The number of methoxy groups -OCH3 is 1. The van der Waals surface area contributed by atoms with E-state index in [1.807, 2.05) is 0 Å². The Morgan fingerprint density at radius 1 is 1.03 bits per heavy atom. The van der Waals surface area contributed by atoms with Crippen LogP contribution < -0.4 is 4.74 Å².